The second-order valence-corrected chi connectivity index (χ2v) is 10.2. The first-order valence-corrected chi connectivity index (χ1v) is 14.5. The molecule has 1 aliphatic heterocycles. The molecular formula is C30H43FN8O3. The molecule has 228 valence electrons. The van der Waals surface area contributed by atoms with E-state index in [4.69, 9.17) is 15.6 Å². The molecule has 0 fully saturated rings. The van der Waals surface area contributed by atoms with Gasteiger partial charge in [-0.1, -0.05) is 56.0 Å². The summed E-state index contributed by atoms with van der Waals surface area (Å²) in [6, 6.07) is 11.6. The SMILES string of the molecule is CNC(=O)NC(=N)NCCCCCCCCN1CCCc2ccccc2COc2cc(F)ccc2CNC(=N)NC1=O. The second-order valence-electron chi connectivity index (χ2n) is 10.2. The molecule has 0 saturated carbocycles. The second kappa shape index (κ2) is 17.5. The molecule has 2 aromatic rings. The smallest absolute Gasteiger partial charge is 0.324 e. The maximum Gasteiger partial charge on any atom is 0.324 e. The minimum atomic E-state index is -0.420. The normalized spacial score (nSPS) is 14.1. The van der Waals surface area contributed by atoms with Crippen molar-refractivity contribution in [3.63, 3.8) is 0 Å². The van der Waals surface area contributed by atoms with Crippen molar-refractivity contribution >= 4 is 24.0 Å². The fourth-order valence-electron chi connectivity index (χ4n) is 4.66. The number of fused-ring (bicyclic) bond motifs is 2. The molecule has 11 nitrogen and oxygen atoms in total. The number of amides is 4. The van der Waals surface area contributed by atoms with E-state index in [2.05, 4.69) is 32.7 Å². The van der Waals surface area contributed by atoms with E-state index in [-0.39, 0.29) is 24.5 Å². The van der Waals surface area contributed by atoms with Crippen LogP contribution in [0.25, 0.3) is 0 Å². The number of unbranched alkanes of at least 4 members (excludes halogenated alkanes) is 5. The Bertz CT molecular complexity index is 1210. The van der Waals surface area contributed by atoms with Gasteiger partial charge in [0.2, 0.25) is 0 Å². The Morgan fingerprint density at radius 1 is 1.05 bits per heavy atom. The molecule has 0 saturated heterocycles. The predicted molar refractivity (Wildman–Crippen MR) is 161 cm³/mol. The molecule has 0 atom stereocenters. The number of aryl methyl sites for hydroxylation is 1. The number of carbonyl (C=O) groups excluding carboxylic acids is 2. The lowest BCUT2D eigenvalue weighted by atomic mass is 10.0. The molecule has 0 bridgehead atoms. The van der Waals surface area contributed by atoms with Gasteiger partial charge in [-0.3, -0.25) is 21.5 Å². The van der Waals surface area contributed by atoms with Gasteiger partial charge in [0.1, 0.15) is 18.2 Å². The number of urea groups is 2. The minimum Gasteiger partial charge on any atom is -0.488 e. The van der Waals surface area contributed by atoms with Crippen LogP contribution in [0.4, 0.5) is 14.0 Å². The maximum absolute atomic E-state index is 14.0. The van der Waals surface area contributed by atoms with E-state index in [0.29, 0.717) is 37.6 Å². The summed E-state index contributed by atoms with van der Waals surface area (Å²) in [6.45, 7) is 2.28. The fourth-order valence-corrected chi connectivity index (χ4v) is 4.66. The molecule has 4 amide bonds. The topological polar surface area (TPSA) is 154 Å². The van der Waals surface area contributed by atoms with Gasteiger partial charge in [0, 0.05) is 44.9 Å². The Balaban J connectivity index is 1.49. The van der Waals surface area contributed by atoms with Crippen LogP contribution in [0.5, 0.6) is 5.75 Å². The largest absolute Gasteiger partial charge is 0.488 e. The molecule has 7 N–H and O–H groups in total. The van der Waals surface area contributed by atoms with Crippen molar-refractivity contribution in [1.29, 1.82) is 10.8 Å². The van der Waals surface area contributed by atoms with Gasteiger partial charge in [-0.25, -0.2) is 14.0 Å². The predicted octanol–water partition coefficient (Wildman–Crippen LogP) is 4.18. The van der Waals surface area contributed by atoms with Gasteiger partial charge in [0.25, 0.3) is 0 Å². The van der Waals surface area contributed by atoms with Gasteiger partial charge in [-0.2, -0.15) is 0 Å². The van der Waals surface area contributed by atoms with Crippen LogP contribution >= 0.6 is 0 Å². The van der Waals surface area contributed by atoms with Crippen molar-refractivity contribution in [3.8, 4) is 5.75 Å². The molecule has 0 unspecified atom stereocenters. The van der Waals surface area contributed by atoms with Crippen molar-refractivity contribution in [2.24, 2.45) is 0 Å². The number of halogens is 1. The molecule has 0 aromatic heterocycles. The Hall–Kier alpha value is -4.35. The van der Waals surface area contributed by atoms with Gasteiger partial charge in [-0.15, -0.1) is 0 Å². The number of guanidine groups is 2. The molecule has 0 radical (unpaired) electrons. The van der Waals surface area contributed by atoms with Crippen LogP contribution in [0.3, 0.4) is 0 Å². The molecule has 42 heavy (non-hydrogen) atoms. The zero-order chi connectivity index (χ0) is 30.2. The van der Waals surface area contributed by atoms with Crippen molar-refractivity contribution < 1.29 is 18.7 Å². The van der Waals surface area contributed by atoms with E-state index in [1.165, 1.54) is 19.2 Å². The van der Waals surface area contributed by atoms with Crippen LogP contribution < -0.4 is 31.3 Å². The van der Waals surface area contributed by atoms with E-state index in [9.17, 15) is 14.0 Å². The number of benzene rings is 2. The van der Waals surface area contributed by atoms with Crippen molar-refractivity contribution in [3.05, 3.63) is 65.0 Å². The van der Waals surface area contributed by atoms with Crippen LogP contribution in [-0.2, 0) is 19.6 Å². The van der Waals surface area contributed by atoms with Crippen LogP contribution in [-0.4, -0.2) is 55.6 Å². The number of rotatable bonds is 9. The first-order chi connectivity index (χ1) is 20.4. The Kier molecular flexibility index (Phi) is 13.4. The molecular weight excluding hydrogens is 539 g/mol. The van der Waals surface area contributed by atoms with Crippen molar-refractivity contribution in [2.45, 2.75) is 64.5 Å². The summed E-state index contributed by atoms with van der Waals surface area (Å²) in [7, 11) is 1.50. The van der Waals surface area contributed by atoms with E-state index in [0.717, 1.165) is 62.5 Å². The number of carbonyl (C=O) groups is 2. The average Bonchev–Trinajstić information content (AvgIpc) is 2.97. The molecule has 1 aliphatic rings. The highest BCUT2D eigenvalue weighted by Gasteiger charge is 2.16. The highest BCUT2D eigenvalue weighted by molar-refractivity contribution is 5.95. The third kappa shape index (κ3) is 11.3. The van der Waals surface area contributed by atoms with Gasteiger partial charge in [0.05, 0.1) is 0 Å². The first kappa shape index (κ1) is 32.2. The molecule has 2 aromatic carbocycles. The summed E-state index contributed by atoms with van der Waals surface area (Å²) >= 11 is 0. The van der Waals surface area contributed by atoms with Crippen LogP contribution in [0.2, 0.25) is 0 Å². The third-order valence-corrected chi connectivity index (χ3v) is 7.00. The lowest BCUT2D eigenvalue weighted by Gasteiger charge is -2.23. The number of hydrogen-bond acceptors (Lipinski definition) is 5. The summed E-state index contributed by atoms with van der Waals surface area (Å²) in [5.41, 5.74) is 2.84. The summed E-state index contributed by atoms with van der Waals surface area (Å²) in [5, 5.41) is 29.1. The summed E-state index contributed by atoms with van der Waals surface area (Å²) in [5.74, 6) is -0.127. The highest BCUT2D eigenvalue weighted by atomic mass is 19.1. The van der Waals surface area contributed by atoms with Crippen molar-refractivity contribution in [2.75, 3.05) is 26.7 Å². The van der Waals surface area contributed by atoms with Crippen LogP contribution in [0.1, 0.15) is 61.6 Å². The molecule has 0 spiro atoms. The van der Waals surface area contributed by atoms with E-state index in [1.807, 2.05) is 18.2 Å². The van der Waals surface area contributed by atoms with Gasteiger partial charge in [0.15, 0.2) is 11.9 Å². The molecule has 12 heteroatoms. The summed E-state index contributed by atoms with van der Waals surface area (Å²) in [4.78, 5) is 26.0. The quantitative estimate of drug-likeness (QED) is 0.134. The summed E-state index contributed by atoms with van der Waals surface area (Å²) < 4.78 is 20.0. The zero-order valence-electron chi connectivity index (χ0n) is 24.3. The highest BCUT2D eigenvalue weighted by Crippen LogP contribution is 2.23. The lowest BCUT2D eigenvalue weighted by molar-refractivity contribution is 0.200. The van der Waals surface area contributed by atoms with E-state index in [1.54, 1.807) is 11.0 Å². The Morgan fingerprint density at radius 2 is 1.79 bits per heavy atom. The van der Waals surface area contributed by atoms with Gasteiger partial charge >= 0.3 is 12.1 Å². The van der Waals surface area contributed by atoms with E-state index < -0.39 is 11.8 Å². The Morgan fingerprint density at radius 3 is 2.57 bits per heavy atom. The standard InChI is InChI=1S/C30H43FN8O3/c1-34-29(40)37-27(32)35-16-8-4-2-3-5-9-17-39-18-10-13-22-11-6-7-12-24(22)21-42-26-19-25(31)15-14-23(26)20-36-28(33)38-30(39)41/h6-7,11-12,14-15,19H,2-5,8-10,13,16-18,20-21H2,1H3,(H3,33,36,38,41)(H4,32,34,35,37,40). The average molecular weight is 583 g/mol. The lowest BCUT2D eigenvalue weighted by Crippen LogP contribution is -2.47. The van der Waals surface area contributed by atoms with Gasteiger partial charge < -0.3 is 25.6 Å². The zero-order valence-corrected chi connectivity index (χ0v) is 24.3. The minimum absolute atomic E-state index is 0.0132. The fraction of sp³-hybridized carbons (Fsp3) is 0.467. The van der Waals surface area contributed by atoms with E-state index >= 15 is 0 Å². The number of hydrogen-bond donors (Lipinski definition) is 7. The summed E-state index contributed by atoms with van der Waals surface area (Å²) in [6.07, 6.45) is 7.34. The van der Waals surface area contributed by atoms with Crippen molar-refractivity contribution in [1.82, 2.24) is 31.5 Å². The monoisotopic (exact) mass is 582 g/mol. The van der Waals surface area contributed by atoms with Crippen LogP contribution in [0, 0.1) is 16.6 Å². The molecule has 0 aliphatic carbocycles. The number of ether oxygens (including phenoxy) is 1. The molecule has 1 heterocycles. The maximum atomic E-state index is 14.0. The van der Waals surface area contributed by atoms with Crippen LogP contribution in [0.15, 0.2) is 42.5 Å². The number of nitrogens with one attached hydrogen (secondary N) is 7. The molecule has 3 rings (SSSR count). The third-order valence-electron chi connectivity index (χ3n) is 7.00. The number of nitrogens with zero attached hydrogens (tertiary/aromatic N) is 1. The first-order valence-electron chi connectivity index (χ1n) is 14.5. The Labute approximate surface area is 247 Å². The van der Waals surface area contributed by atoms with Gasteiger partial charge in [-0.05, 0) is 42.9 Å².